The maximum atomic E-state index is 13.0. The van der Waals surface area contributed by atoms with E-state index in [2.05, 4.69) is 41.8 Å². The van der Waals surface area contributed by atoms with Crippen LogP contribution in [0.5, 0.6) is 0 Å². The lowest BCUT2D eigenvalue weighted by Gasteiger charge is -2.41. The van der Waals surface area contributed by atoms with Crippen molar-refractivity contribution < 1.29 is 8.95 Å². The predicted molar refractivity (Wildman–Crippen MR) is 111 cm³/mol. The second kappa shape index (κ2) is 7.62. The van der Waals surface area contributed by atoms with E-state index < -0.39 is 11.0 Å². The zero-order valence-corrected chi connectivity index (χ0v) is 17.9. The van der Waals surface area contributed by atoms with Gasteiger partial charge in [-0.15, -0.1) is 0 Å². The largest absolute Gasteiger partial charge is 0.378 e. The highest BCUT2D eigenvalue weighted by atomic mass is 32.2. The molecule has 0 aromatic carbocycles. The standard InChI is InChI=1S/C21H35N3O2S/c1-20(2,3)27(25)23-19-18-14-17(24-10-12-26-13-11-24)5-4-16(18)15-21(19)6-8-22-9-7-21/h14,19,22-23H,4-13,15H2,1-3H3/t19-,27?/m1/s1. The first kappa shape index (κ1) is 19.6. The van der Waals surface area contributed by atoms with E-state index in [1.165, 1.54) is 30.5 Å². The predicted octanol–water partition coefficient (Wildman–Crippen LogP) is 2.49. The van der Waals surface area contributed by atoms with Crippen molar-refractivity contribution in [2.24, 2.45) is 5.41 Å². The first-order valence-corrected chi connectivity index (χ1v) is 11.7. The molecule has 1 unspecified atom stereocenters. The van der Waals surface area contributed by atoms with Crippen molar-refractivity contribution in [3.05, 3.63) is 22.9 Å². The number of piperidine rings is 1. The molecule has 2 aliphatic carbocycles. The molecular weight excluding hydrogens is 358 g/mol. The molecule has 4 aliphatic rings. The van der Waals surface area contributed by atoms with E-state index in [4.69, 9.17) is 4.74 Å². The van der Waals surface area contributed by atoms with Crippen molar-refractivity contribution in [1.29, 1.82) is 0 Å². The average Bonchev–Trinajstić information content (AvgIpc) is 2.94. The SMILES string of the molecule is CC(C)(C)S(=O)N[C@@H]1C2=C(CCC(N3CCOCC3)=C2)CC12CCNCC2. The van der Waals surface area contributed by atoms with Crippen LogP contribution in [-0.2, 0) is 15.7 Å². The Morgan fingerprint density at radius 1 is 1.22 bits per heavy atom. The molecular formula is C21H35N3O2S. The van der Waals surface area contributed by atoms with Crippen molar-refractivity contribution in [2.45, 2.75) is 63.7 Å². The summed E-state index contributed by atoms with van der Waals surface area (Å²) in [4.78, 5) is 2.50. The summed E-state index contributed by atoms with van der Waals surface area (Å²) >= 11 is 0. The summed E-state index contributed by atoms with van der Waals surface area (Å²) in [6.07, 6.45) is 8.25. The molecule has 0 aromatic heterocycles. The number of nitrogens with zero attached hydrogens (tertiary/aromatic N) is 1. The highest BCUT2D eigenvalue weighted by molar-refractivity contribution is 7.84. The Kier molecular flexibility index (Phi) is 5.54. The maximum absolute atomic E-state index is 13.0. The van der Waals surface area contributed by atoms with Gasteiger partial charge in [0.25, 0.3) is 0 Å². The molecule has 0 aromatic rings. The normalized spacial score (nSPS) is 29.7. The number of rotatable bonds is 3. The topological polar surface area (TPSA) is 53.6 Å². The Morgan fingerprint density at radius 3 is 2.59 bits per heavy atom. The summed E-state index contributed by atoms with van der Waals surface area (Å²) in [7, 11) is -1.05. The third-order valence-electron chi connectivity index (χ3n) is 6.70. The molecule has 2 heterocycles. The van der Waals surface area contributed by atoms with Crippen LogP contribution in [0.1, 0.15) is 52.9 Å². The van der Waals surface area contributed by atoms with Gasteiger partial charge in [-0.25, -0.2) is 8.93 Å². The van der Waals surface area contributed by atoms with E-state index in [-0.39, 0.29) is 16.2 Å². The fourth-order valence-electron chi connectivity index (χ4n) is 5.07. The van der Waals surface area contributed by atoms with Crippen molar-refractivity contribution in [2.75, 3.05) is 39.4 Å². The van der Waals surface area contributed by atoms with Crippen LogP contribution in [0.25, 0.3) is 0 Å². The van der Waals surface area contributed by atoms with Gasteiger partial charge < -0.3 is 15.0 Å². The van der Waals surface area contributed by atoms with Gasteiger partial charge in [-0.05, 0) is 83.0 Å². The molecule has 2 atom stereocenters. The third-order valence-corrected chi connectivity index (χ3v) is 8.26. The summed E-state index contributed by atoms with van der Waals surface area (Å²) in [6.45, 7) is 12.0. The molecule has 4 rings (SSSR count). The lowest BCUT2D eigenvalue weighted by atomic mass is 9.73. The van der Waals surface area contributed by atoms with Gasteiger partial charge in [0.15, 0.2) is 0 Å². The lowest BCUT2D eigenvalue weighted by Crippen LogP contribution is -2.51. The van der Waals surface area contributed by atoms with Gasteiger partial charge >= 0.3 is 0 Å². The number of morpholine rings is 1. The van der Waals surface area contributed by atoms with Crippen molar-refractivity contribution in [1.82, 2.24) is 14.9 Å². The maximum Gasteiger partial charge on any atom is 0.0976 e. The molecule has 2 fully saturated rings. The van der Waals surface area contributed by atoms with Crippen LogP contribution >= 0.6 is 0 Å². The van der Waals surface area contributed by atoms with Crippen LogP contribution in [0, 0.1) is 5.41 Å². The second-order valence-electron chi connectivity index (χ2n) is 9.52. The Morgan fingerprint density at radius 2 is 1.93 bits per heavy atom. The van der Waals surface area contributed by atoms with E-state index in [1.807, 2.05) is 0 Å². The molecule has 2 saturated heterocycles. The van der Waals surface area contributed by atoms with Gasteiger partial charge in [0.1, 0.15) is 0 Å². The lowest BCUT2D eigenvalue weighted by molar-refractivity contribution is 0.0519. The zero-order valence-electron chi connectivity index (χ0n) is 17.1. The molecule has 1 spiro atoms. The molecule has 0 amide bonds. The summed E-state index contributed by atoms with van der Waals surface area (Å²) in [5.74, 6) is 0. The molecule has 0 saturated carbocycles. The van der Waals surface area contributed by atoms with Crippen LogP contribution < -0.4 is 10.0 Å². The van der Waals surface area contributed by atoms with Gasteiger partial charge in [0.2, 0.25) is 0 Å². The summed E-state index contributed by atoms with van der Waals surface area (Å²) in [5, 5.41) is 3.52. The third kappa shape index (κ3) is 3.91. The Bertz CT molecular complexity index is 653. The quantitative estimate of drug-likeness (QED) is 0.774. The van der Waals surface area contributed by atoms with Crippen molar-refractivity contribution in [3.8, 4) is 0 Å². The minimum Gasteiger partial charge on any atom is -0.378 e. The van der Waals surface area contributed by atoms with Crippen LogP contribution in [-0.4, -0.2) is 59.3 Å². The number of allylic oxidation sites excluding steroid dienone is 2. The molecule has 27 heavy (non-hydrogen) atoms. The number of hydrogen-bond acceptors (Lipinski definition) is 4. The number of ether oxygens (including phenoxy) is 1. The van der Waals surface area contributed by atoms with E-state index in [0.29, 0.717) is 0 Å². The van der Waals surface area contributed by atoms with Crippen molar-refractivity contribution in [3.63, 3.8) is 0 Å². The Balaban J connectivity index is 1.63. The molecule has 0 bridgehead atoms. The fourth-order valence-corrected chi connectivity index (χ4v) is 6.02. The minimum absolute atomic E-state index is 0.214. The summed E-state index contributed by atoms with van der Waals surface area (Å²) < 4.78 is 21.9. The number of hydrogen-bond donors (Lipinski definition) is 2. The van der Waals surface area contributed by atoms with Crippen LogP contribution in [0.2, 0.25) is 0 Å². The summed E-state index contributed by atoms with van der Waals surface area (Å²) in [5.41, 5.74) is 4.74. The van der Waals surface area contributed by atoms with Gasteiger partial charge in [0.05, 0.1) is 35.0 Å². The molecule has 2 N–H and O–H groups in total. The monoisotopic (exact) mass is 393 g/mol. The summed E-state index contributed by atoms with van der Waals surface area (Å²) in [6, 6.07) is 0.214. The molecule has 2 aliphatic heterocycles. The van der Waals surface area contributed by atoms with E-state index in [0.717, 1.165) is 52.2 Å². The van der Waals surface area contributed by atoms with E-state index in [9.17, 15) is 4.21 Å². The van der Waals surface area contributed by atoms with E-state index in [1.54, 1.807) is 5.57 Å². The smallest absolute Gasteiger partial charge is 0.0976 e. The highest BCUT2D eigenvalue weighted by Crippen LogP contribution is 2.52. The molecule has 6 heteroatoms. The molecule has 0 radical (unpaired) electrons. The molecule has 5 nitrogen and oxygen atoms in total. The molecule has 152 valence electrons. The zero-order chi connectivity index (χ0) is 19.1. The van der Waals surface area contributed by atoms with Crippen LogP contribution in [0.15, 0.2) is 22.9 Å². The number of nitrogens with one attached hydrogen (secondary N) is 2. The van der Waals surface area contributed by atoms with Crippen LogP contribution in [0.4, 0.5) is 0 Å². The minimum atomic E-state index is -1.05. The van der Waals surface area contributed by atoms with Gasteiger partial charge in [-0.3, -0.25) is 0 Å². The first-order valence-electron chi connectivity index (χ1n) is 10.5. The Hall–Kier alpha value is -0.690. The Labute approximate surface area is 166 Å². The van der Waals surface area contributed by atoms with Crippen molar-refractivity contribution >= 4 is 11.0 Å². The van der Waals surface area contributed by atoms with E-state index >= 15 is 0 Å². The van der Waals surface area contributed by atoms with Crippen LogP contribution in [0.3, 0.4) is 0 Å². The first-order chi connectivity index (χ1) is 12.9. The van der Waals surface area contributed by atoms with Gasteiger partial charge in [0, 0.05) is 18.8 Å². The average molecular weight is 394 g/mol. The fraction of sp³-hybridized carbons (Fsp3) is 0.810. The highest BCUT2D eigenvalue weighted by Gasteiger charge is 2.49. The second-order valence-corrected chi connectivity index (χ2v) is 11.5. The van der Waals surface area contributed by atoms with Gasteiger partial charge in [-0.1, -0.05) is 5.57 Å². The van der Waals surface area contributed by atoms with Gasteiger partial charge in [-0.2, -0.15) is 0 Å².